The lowest BCUT2D eigenvalue weighted by Gasteiger charge is -2.20. The molecule has 0 radical (unpaired) electrons. The summed E-state index contributed by atoms with van der Waals surface area (Å²) in [4.78, 5) is 23.2. The number of hydrogen-bond donors (Lipinski definition) is 2. The number of nitrogens with one attached hydrogen (secondary N) is 1. The van der Waals surface area contributed by atoms with Gasteiger partial charge in [-0.15, -0.1) is 0 Å². The molecular weight excluding hydrogens is 433 g/mol. The van der Waals surface area contributed by atoms with Crippen molar-refractivity contribution in [2.75, 3.05) is 25.1 Å². The van der Waals surface area contributed by atoms with Gasteiger partial charge < -0.3 is 24.6 Å². The molecule has 2 aromatic carbocycles. The first kappa shape index (κ1) is 21.7. The number of amides is 1. The van der Waals surface area contributed by atoms with Crippen LogP contribution < -0.4 is 14.8 Å². The number of para-hydroxylation sites is 1. The Morgan fingerprint density at radius 3 is 2.73 bits per heavy atom. The predicted molar refractivity (Wildman–Crippen MR) is 113 cm³/mol. The first-order chi connectivity index (χ1) is 14.3. The molecule has 0 atom stereocenters. The van der Waals surface area contributed by atoms with Crippen LogP contribution in [0.4, 0.5) is 5.69 Å². The Balaban J connectivity index is 1.70. The van der Waals surface area contributed by atoms with Gasteiger partial charge in [-0.3, -0.25) is 4.79 Å². The third-order valence-electron chi connectivity index (χ3n) is 3.96. The van der Waals surface area contributed by atoms with E-state index in [2.05, 4.69) is 11.9 Å². The van der Waals surface area contributed by atoms with E-state index < -0.39 is 18.5 Å². The first-order valence-corrected chi connectivity index (χ1v) is 9.51. The van der Waals surface area contributed by atoms with Gasteiger partial charge in [-0.05, 0) is 29.8 Å². The highest BCUT2D eigenvalue weighted by molar-refractivity contribution is 6.32. The number of halogens is 2. The Morgan fingerprint density at radius 2 is 1.97 bits per heavy atom. The van der Waals surface area contributed by atoms with E-state index in [4.69, 9.17) is 42.5 Å². The van der Waals surface area contributed by atoms with Gasteiger partial charge in [0.2, 0.25) is 0 Å². The topological polar surface area (TPSA) is 94.1 Å². The molecule has 0 spiro atoms. The number of rotatable bonds is 8. The smallest absolute Gasteiger partial charge is 0.329 e. The first-order valence-electron chi connectivity index (χ1n) is 8.75. The van der Waals surface area contributed by atoms with Gasteiger partial charge in [0.25, 0.3) is 5.91 Å². The molecule has 0 saturated carbocycles. The summed E-state index contributed by atoms with van der Waals surface area (Å²) in [6, 6.07) is 9.92. The Hall–Kier alpha value is -3.00. The lowest BCUT2D eigenvalue weighted by Crippen LogP contribution is -2.21. The third-order valence-corrected chi connectivity index (χ3v) is 4.49. The van der Waals surface area contributed by atoms with Gasteiger partial charge in [-0.1, -0.05) is 41.9 Å². The van der Waals surface area contributed by atoms with Crippen LogP contribution in [0.1, 0.15) is 5.56 Å². The minimum absolute atomic E-state index is 0.0197. The number of hydrogen-bond acceptors (Lipinski definition) is 5. The molecule has 30 heavy (non-hydrogen) atoms. The second-order valence-electron chi connectivity index (χ2n) is 6.14. The van der Waals surface area contributed by atoms with Gasteiger partial charge in [0.15, 0.2) is 11.5 Å². The zero-order valence-electron chi connectivity index (χ0n) is 15.6. The van der Waals surface area contributed by atoms with Crippen LogP contribution in [0, 0.1) is 0 Å². The van der Waals surface area contributed by atoms with Crippen molar-refractivity contribution in [1.82, 2.24) is 0 Å². The van der Waals surface area contributed by atoms with E-state index in [0.717, 1.165) is 0 Å². The molecule has 3 rings (SSSR count). The molecule has 2 N–H and O–H groups in total. The number of anilines is 1. The van der Waals surface area contributed by atoms with E-state index in [1.54, 1.807) is 30.3 Å². The zero-order valence-corrected chi connectivity index (χ0v) is 17.1. The molecule has 0 bridgehead atoms. The van der Waals surface area contributed by atoms with E-state index in [1.165, 1.54) is 12.1 Å². The van der Waals surface area contributed by atoms with E-state index in [0.29, 0.717) is 38.4 Å². The van der Waals surface area contributed by atoms with Gasteiger partial charge in [-0.25, -0.2) is 4.79 Å². The average molecular weight is 450 g/mol. The Labute approximate surface area is 182 Å². The zero-order chi connectivity index (χ0) is 21.7. The molecular formula is C21H17Cl2NO6. The molecule has 1 aliphatic rings. The monoisotopic (exact) mass is 449 g/mol. The van der Waals surface area contributed by atoms with Crippen molar-refractivity contribution in [2.24, 2.45) is 0 Å². The van der Waals surface area contributed by atoms with Crippen molar-refractivity contribution in [3.63, 3.8) is 0 Å². The minimum Gasteiger partial charge on any atom is -0.489 e. The van der Waals surface area contributed by atoms with Crippen LogP contribution in [-0.2, 0) is 14.3 Å². The lowest BCUT2D eigenvalue weighted by molar-refractivity contribution is -0.142. The van der Waals surface area contributed by atoms with E-state index >= 15 is 0 Å². The largest absolute Gasteiger partial charge is 0.489 e. The number of benzene rings is 2. The molecule has 1 heterocycles. The number of carboxylic acids is 1. The van der Waals surface area contributed by atoms with Crippen LogP contribution in [-0.4, -0.2) is 36.8 Å². The quantitative estimate of drug-likeness (QED) is 0.579. The number of fused-ring (bicyclic) bond motifs is 1. The summed E-state index contributed by atoms with van der Waals surface area (Å²) in [5.41, 5.74) is 1.64. The highest BCUT2D eigenvalue weighted by Crippen LogP contribution is 2.38. The predicted octanol–water partition coefficient (Wildman–Crippen LogP) is 4.40. The number of carbonyl (C=O) groups is 2. The second-order valence-corrected chi connectivity index (χ2v) is 6.99. The van der Waals surface area contributed by atoms with Crippen LogP contribution in [0.15, 0.2) is 54.8 Å². The second kappa shape index (κ2) is 9.67. The molecule has 1 amide bonds. The molecule has 156 valence electrons. The summed E-state index contributed by atoms with van der Waals surface area (Å²) in [7, 11) is 0. The van der Waals surface area contributed by atoms with Gasteiger partial charge in [-0.2, -0.15) is 0 Å². The number of ether oxygens (including phenoxy) is 3. The normalized spacial score (nSPS) is 12.5. The van der Waals surface area contributed by atoms with Crippen LogP contribution in [0.5, 0.6) is 11.5 Å². The summed E-state index contributed by atoms with van der Waals surface area (Å²) < 4.78 is 16.2. The fourth-order valence-corrected chi connectivity index (χ4v) is 3.00. The highest BCUT2D eigenvalue weighted by atomic mass is 35.5. The Kier molecular flexibility index (Phi) is 6.99. The number of carbonyl (C=O) groups excluding carboxylic acids is 1. The molecule has 7 nitrogen and oxygen atoms in total. The molecule has 2 aromatic rings. The molecule has 1 aliphatic heterocycles. The molecule has 9 heteroatoms. The molecule has 0 aliphatic carbocycles. The van der Waals surface area contributed by atoms with Crippen molar-refractivity contribution in [3.8, 4) is 11.5 Å². The van der Waals surface area contributed by atoms with Crippen LogP contribution in [0.3, 0.4) is 0 Å². The maximum Gasteiger partial charge on any atom is 0.329 e. The summed E-state index contributed by atoms with van der Waals surface area (Å²) in [6.07, 6.45) is 1.52. The van der Waals surface area contributed by atoms with Crippen LogP contribution in [0.25, 0.3) is 5.57 Å². The summed E-state index contributed by atoms with van der Waals surface area (Å²) in [5.74, 6) is -0.930. The summed E-state index contributed by atoms with van der Waals surface area (Å²) in [6.45, 7) is 3.63. The molecule has 0 unspecified atom stereocenters. The maximum absolute atomic E-state index is 12.8. The van der Waals surface area contributed by atoms with Crippen molar-refractivity contribution in [2.45, 2.75) is 0 Å². The number of carboxylic acid groups (broad SMARTS) is 1. The Bertz CT molecular complexity index is 1030. The number of aliphatic carboxylic acids is 1. The van der Waals surface area contributed by atoms with Gasteiger partial charge in [0.05, 0.1) is 17.3 Å². The lowest BCUT2D eigenvalue weighted by atomic mass is 10.0. The average Bonchev–Trinajstić information content (AvgIpc) is 2.70. The fourth-order valence-electron chi connectivity index (χ4n) is 2.63. The molecule has 0 fully saturated rings. The van der Waals surface area contributed by atoms with Crippen molar-refractivity contribution < 1.29 is 28.9 Å². The van der Waals surface area contributed by atoms with Crippen molar-refractivity contribution in [3.05, 3.63) is 70.4 Å². The fraction of sp³-hybridized carbons (Fsp3) is 0.143. The summed E-state index contributed by atoms with van der Waals surface area (Å²) >= 11 is 12.2. The van der Waals surface area contributed by atoms with E-state index in [-0.39, 0.29) is 19.0 Å². The van der Waals surface area contributed by atoms with Crippen LogP contribution in [0.2, 0.25) is 10.0 Å². The number of allylic oxidation sites excluding steroid dienone is 2. The van der Waals surface area contributed by atoms with Gasteiger partial charge in [0, 0.05) is 16.7 Å². The molecule has 0 aromatic heterocycles. The van der Waals surface area contributed by atoms with E-state index in [1.807, 2.05) is 0 Å². The minimum atomic E-state index is -1.07. The van der Waals surface area contributed by atoms with Crippen molar-refractivity contribution >= 4 is 46.3 Å². The van der Waals surface area contributed by atoms with E-state index in [9.17, 15) is 9.59 Å². The van der Waals surface area contributed by atoms with Crippen molar-refractivity contribution in [1.29, 1.82) is 0 Å². The maximum atomic E-state index is 12.8. The van der Waals surface area contributed by atoms with Gasteiger partial charge >= 0.3 is 5.97 Å². The Morgan fingerprint density at radius 1 is 1.17 bits per heavy atom. The molecule has 0 saturated heterocycles. The highest BCUT2D eigenvalue weighted by Gasteiger charge is 2.23. The van der Waals surface area contributed by atoms with Crippen LogP contribution >= 0.6 is 23.2 Å². The van der Waals surface area contributed by atoms with Gasteiger partial charge in [0.1, 0.15) is 19.0 Å². The third kappa shape index (κ3) is 5.33. The SMILES string of the molecule is C=C1C=C(C(=O)Nc2ccc(Cl)cc2OCCOCC(=O)O)Oc2c(Cl)cccc21. The standard InChI is InChI=1S/C21H17Cl2NO6/c1-12-9-18(30-20-14(12)3-2-4-15(20)23)21(27)24-16-6-5-13(22)10-17(16)29-8-7-28-11-19(25)26/h2-6,9-10H,1,7-8,11H2,(H,24,27)(H,25,26). The summed E-state index contributed by atoms with van der Waals surface area (Å²) in [5, 5.41) is 12.0.